The summed E-state index contributed by atoms with van der Waals surface area (Å²) in [6.07, 6.45) is 1.59. The van der Waals surface area contributed by atoms with Gasteiger partial charge >= 0.3 is 17.9 Å². The monoisotopic (exact) mass is 398 g/mol. The van der Waals surface area contributed by atoms with E-state index in [0.717, 1.165) is 17.5 Å². The van der Waals surface area contributed by atoms with Gasteiger partial charge in [-0.2, -0.15) is 0 Å². The van der Waals surface area contributed by atoms with Crippen LogP contribution in [0.15, 0.2) is 60.7 Å². The van der Waals surface area contributed by atoms with Gasteiger partial charge in [-0.15, -0.1) is 0 Å². The zero-order chi connectivity index (χ0) is 21.1. The number of aliphatic carboxylic acids is 1. The summed E-state index contributed by atoms with van der Waals surface area (Å²) >= 11 is 0. The summed E-state index contributed by atoms with van der Waals surface area (Å²) < 4.78 is 10.5. The minimum absolute atomic E-state index is 0.0215. The average Bonchev–Trinajstić information content (AvgIpc) is 2.74. The SMILES string of the molecule is CCCC[C@@H](C(=O)OCc1ccccc1)[C@H](C(=O)O)C(=O)OCc1ccccc1. The highest BCUT2D eigenvalue weighted by Gasteiger charge is 2.41. The Morgan fingerprint density at radius 1 is 0.828 bits per heavy atom. The van der Waals surface area contributed by atoms with Crippen LogP contribution in [-0.4, -0.2) is 23.0 Å². The Balaban J connectivity index is 2.08. The maximum Gasteiger partial charge on any atom is 0.321 e. The zero-order valence-corrected chi connectivity index (χ0v) is 16.5. The van der Waals surface area contributed by atoms with E-state index in [2.05, 4.69) is 0 Å². The molecular formula is C23H26O6. The van der Waals surface area contributed by atoms with Gasteiger partial charge in [-0.3, -0.25) is 14.4 Å². The topological polar surface area (TPSA) is 89.9 Å². The molecule has 1 N–H and O–H groups in total. The molecule has 6 nitrogen and oxygen atoms in total. The molecule has 0 bridgehead atoms. The van der Waals surface area contributed by atoms with Crippen molar-refractivity contribution in [3.63, 3.8) is 0 Å². The third-order valence-corrected chi connectivity index (χ3v) is 4.54. The largest absolute Gasteiger partial charge is 0.481 e. The van der Waals surface area contributed by atoms with Crippen LogP contribution in [0.5, 0.6) is 0 Å². The van der Waals surface area contributed by atoms with Crippen LogP contribution in [0.25, 0.3) is 0 Å². The molecule has 0 unspecified atom stereocenters. The molecule has 0 spiro atoms. The second-order valence-electron chi connectivity index (χ2n) is 6.75. The van der Waals surface area contributed by atoms with Gasteiger partial charge in [0.15, 0.2) is 5.92 Å². The Bertz CT molecular complexity index is 788. The number of carbonyl (C=O) groups excluding carboxylic acids is 2. The van der Waals surface area contributed by atoms with Crippen molar-refractivity contribution in [1.29, 1.82) is 0 Å². The lowest BCUT2D eigenvalue weighted by Crippen LogP contribution is -2.38. The van der Waals surface area contributed by atoms with Gasteiger partial charge < -0.3 is 14.6 Å². The van der Waals surface area contributed by atoms with Crippen LogP contribution in [0, 0.1) is 11.8 Å². The minimum atomic E-state index is -1.60. The number of ether oxygens (including phenoxy) is 2. The number of rotatable bonds is 11. The molecule has 0 aromatic heterocycles. The molecule has 2 aromatic rings. The van der Waals surface area contributed by atoms with Crippen molar-refractivity contribution in [2.75, 3.05) is 0 Å². The second-order valence-corrected chi connectivity index (χ2v) is 6.75. The standard InChI is InChI=1S/C23H26O6/c1-2-3-14-19(22(26)28-15-17-10-6-4-7-11-17)20(21(24)25)23(27)29-16-18-12-8-5-9-13-18/h4-13,19-20H,2-3,14-16H2,1H3,(H,24,25)/t19-,20-/m1/s1. The van der Waals surface area contributed by atoms with Gasteiger partial charge in [0, 0.05) is 0 Å². The maximum atomic E-state index is 12.7. The van der Waals surface area contributed by atoms with Gasteiger partial charge in [-0.25, -0.2) is 0 Å². The third kappa shape index (κ3) is 7.07. The molecule has 29 heavy (non-hydrogen) atoms. The number of unbranched alkanes of at least 4 members (excludes halogenated alkanes) is 1. The van der Waals surface area contributed by atoms with Crippen molar-refractivity contribution in [2.24, 2.45) is 11.8 Å². The molecule has 2 atom stereocenters. The Hall–Kier alpha value is -3.15. The predicted molar refractivity (Wildman–Crippen MR) is 107 cm³/mol. The van der Waals surface area contributed by atoms with E-state index in [1.54, 1.807) is 36.4 Å². The van der Waals surface area contributed by atoms with Crippen molar-refractivity contribution < 1.29 is 29.0 Å². The van der Waals surface area contributed by atoms with Gasteiger partial charge in [0.1, 0.15) is 13.2 Å². The molecule has 0 radical (unpaired) electrons. The van der Waals surface area contributed by atoms with Gasteiger partial charge in [-0.05, 0) is 17.5 Å². The first-order valence-electron chi connectivity index (χ1n) is 9.66. The summed E-state index contributed by atoms with van der Waals surface area (Å²) in [4.78, 5) is 37.0. The molecule has 0 fully saturated rings. The highest BCUT2D eigenvalue weighted by molar-refractivity contribution is 5.98. The van der Waals surface area contributed by atoms with Crippen LogP contribution in [0.1, 0.15) is 37.3 Å². The smallest absolute Gasteiger partial charge is 0.321 e. The molecule has 0 amide bonds. The van der Waals surface area contributed by atoms with Crippen LogP contribution >= 0.6 is 0 Å². The minimum Gasteiger partial charge on any atom is -0.481 e. The summed E-state index contributed by atoms with van der Waals surface area (Å²) in [5, 5.41) is 9.64. The van der Waals surface area contributed by atoms with E-state index < -0.39 is 29.7 Å². The molecule has 2 aromatic carbocycles. The quantitative estimate of drug-likeness (QED) is 0.455. The summed E-state index contributed by atoms with van der Waals surface area (Å²) in [6.45, 7) is 1.90. The summed E-state index contributed by atoms with van der Waals surface area (Å²) in [7, 11) is 0. The van der Waals surface area contributed by atoms with Gasteiger partial charge in [-0.1, -0.05) is 80.4 Å². The molecule has 0 aliphatic rings. The van der Waals surface area contributed by atoms with Crippen LogP contribution in [0.3, 0.4) is 0 Å². The fourth-order valence-corrected chi connectivity index (χ4v) is 2.94. The first kappa shape index (κ1) is 22.1. The van der Waals surface area contributed by atoms with Crippen molar-refractivity contribution in [2.45, 2.75) is 39.4 Å². The summed E-state index contributed by atoms with van der Waals surface area (Å²) in [6, 6.07) is 18.0. The lowest BCUT2D eigenvalue weighted by molar-refractivity contribution is -0.170. The van der Waals surface area contributed by atoms with E-state index in [0.29, 0.717) is 6.42 Å². The number of esters is 2. The van der Waals surface area contributed by atoms with Crippen LogP contribution in [0.2, 0.25) is 0 Å². The number of carboxylic acid groups (broad SMARTS) is 1. The Kier molecular flexibility index (Phi) is 8.89. The molecule has 0 saturated carbocycles. The molecule has 6 heteroatoms. The molecule has 0 saturated heterocycles. The lowest BCUT2D eigenvalue weighted by Gasteiger charge is -2.21. The normalized spacial score (nSPS) is 12.6. The van der Waals surface area contributed by atoms with Crippen LogP contribution < -0.4 is 0 Å². The van der Waals surface area contributed by atoms with E-state index in [1.165, 1.54) is 0 Å². The molecule has 0 heterocycles. The predicted octanol–water partition coefficient (Wildman–Crippen LogP) is 3.98. The zero-order valence-electron chi connectivity index (χ0n) is 16.5. The number of carboxylic acids is 1. The molecule has 154 valence electrons. The van der Waals surface area contributed by atoms with Crippen molar-refractivity contribution in [3.05, 3.63) is 71.8 Å². The number of benzene rings is 2. The van der Waals surface area contributed by atoms with Crippen molar-refractivity contribution >= 4 is 17.9 Å². The molecular weight excluding hydrogens is 372 g/mol. The van der Waals surface area contributed by atoms with E-state index in [9.17, 15) is 19.5 Å². The highest BCUT2D eigenvalue weighted by atomic mass is 16.5. The van der Waals surface area contributed by atoms with E-state index in [1.807, 2.05) is 31.2 Å². The van der Waals surface area contributed by atoms with Crippen LogP contribution in [0.4, 0.5) is 0 Å². The highest BCUT2D eigenvalue weighted by Crippen LogP contribution is 2.24. The van der Waals surface area contributed by atoms with E-state index in [-0.39, 0.29) is 19.6 Å². The second kappa shape index (κ2) is 11.6. The lowest BCUT2D eigenvalue weighted by atomic mass is 9.87. The third-order valence-electron chi connectivity index (χ3n) is 4.54. The first-order chi connectivity index (χ1) is 14.0. The van der Waals surface area contributed by atoms with Crippen molar-refractivity contribution in [1.82, 2.24) is 0 Å². The van der Waals surface area contributed by atoms with Crippen molar-refractivity contribution in [3.8, 4) is 0 Å². The summed E-state index contributed by atoms with van der Waals surface area (Å²) in [5.74, 6) is -5.72. The van der Waals surface area contributed by atoms with Gasteiger partial charge in [0.25, 0.3) is 0 Å². The average molecular weight is 398 g/mol. The number of hydrogen-bond donors (Lipinski definition) is 1. The maximum absolute atomic E-state index is 12.7. The Morgan fingerprint density at radius 3 is 1.76 bits per heavy atom. The number of hydrogen-bond acceptors (Lipinski definition) is 5. The fraction of sp³-hybridized carbons (Fsp3) is 0.348. The Morgan fingerprint density at radius 2 is 1.31 bits per heavy atom. The van der Waals surface area contributed by atoms with Gasteiger partial charge in [0.05, 0.1) is 5.92 Å². The Labute approximate surface area is 170 Å². The summed E-state index contributed by atoms with van der Waals surface area (Å²) in [5.41, 5.74) is 1.52. The van der Waals surface area contributed by atoms with E-state index in [4.69, 9.17) is 9.47 Å². The molecule has 2 rings (SSSR count). The number of carbonyl (C=O) groups is 3. The van der Waals surface area contributed by atoms with Crippen LogP contribution in [-0.2, 0) is 37.1 Å². The first-order valence-corrected chi connectivity index (χ1v) is 9.66. The molecule has 0 aliphatic carbocycles. The fourth-order valence-electron chi connectivity index (χ4n) is 2.94. The molecule has 0 aliphatic heterocycles. The van der Waals surface area contributed by atoms with E-state index >= 15 is 0 Å². The van der Waals surface area contributed by atoms with Gasteiger partial charge in [0.2, 0.25) is 0 Å².